The molecule has 0 aromatic carbocycles. The van der Waals surface area contributed by atoms with Gasteiger partial charge in [0.15, 0.2) is 0 Å². The molecule has 0 nitrogen and oxygen atoms in total. The second-order valence-corrected chi connectivity index (χ2v) is 40.3. The van der Waals surface area contributed by atoms with Crippen LogP contribution in [0.3, 0.4) is 0 Å². The molecule has 86 heavy (non-hydrogen) atoms. The fourth-order valence-corrected chi connectivity index (χ4v) is 15.2. The topological polar surface area (TPSA) is 0 Å². The van der Waals surface area contributed by atoms with Crippen LogP contribution in [0, 0.1) is 141 Å². The summed E-state index contributed by atoms with van der Waals surface area (Å²) in [5, 5.41) is 0. The Hall–Kier alpha value is 0. The van der Waals surface area contributed by atoms with E-state index in [1.54, 1.807) is 0 Å². The molecule has 516 valence electrons. The second-order valence-electron chi connectivity index (χ2n) is 40.3. The molecular weight excluding hydrogens is 1030 g/mol. The van der Waals surface area contributed by atoms with E-state index >= 15 is 0 Å². The molecule has 0 aromatic rings. The molecule has 6 aliphatic rings. The molecule has 0 amide bonds. The van der Waals surface area contributed by atoms with Gasteiger partial charge in [-0.15, -0.1) is 0 Å². The van der Waals surface area contributed by atoms with Crippen LogP contribution in [0.1, 0.15) is 419 Å². The Labute approximate surface area is 557 Å². The van der Waals surface area contributed by atoms with Crippen LogP contribution in [0.5, 0.6) is 0 Å². The summed E-state index contributed by atoms with van der Waals surface area (Å²) < 4.78 is 52.8. The van der Waals surface area contributed by atoms with Crippen LogP contribution in [0.4, 0.5) is 0 Å². The van der Waals surface area contributed by atoms with E-state index in [-0.39, 0.29) is 100 Å². The summed E-state index contributed by atoms with van der Waals surface area (Å²) in [7, 11) is 0. The molecule has 0 aromatic heterocycles. The highest BCUT2D eigenvalue weighted by Gasteiger charge is 2.49. The molecular formula is C86H172. The Morgan fingerprint density at radius 3 is 0.628 bits per heavy atom. The first-order chi connectivity index (χ1) is 40.5. The minimum atomic E-state index is -0.332. The Bertz CT molecular complexity index is 2150. The molecule has 6 aliphatic carbocycles. The van der Waals surface area contributed by atoms with E-state index in [0.717, 1.165) is 12.8 Å². The van der Waals surface area contributed by atoms with Gasteiger partial charge in [-0.25, -0.2) is 0 Å². The maximum Gasteiger partial charge on any atom is 0.0308 e. The zero-order chi connectivity index (χ0) is 73.2. The second kappa shape index (κ2) is 32.0. The smallest absolute Gasteiger partial charge is 0.0308 e. The lowest BCUT2D eigenvalue weighted by Gasteiger charge is -2.49. The average molecular weight is 1210 g/mol. The largest absolute Gasteiger partial charge is 0.0648 e. The fourth-order valence-electron chi connectivity index (χ4n) is 15.2. The Balaban J connectivity index is 0.000000553. The lowest BCUT2D eigenvalue weighted by molar-refractivity contribution is 0.00680. The van der Waals surface area contributed by atoms with Crippen molar-refractivity contribution in [3.63, 3.8) is 0 Å². The van der Waals surface area contributed by atoms with Gasteiger partial charge in [-0.05, 0) is 205 Å². The van der Waals surface area contributed by atoms with Gasteiger partial charge in [0.1, 0.15) is 0 Å². The molecule has 8 unspecified atom stereocenters. The molecule has 0 N–H and O–H groups in total. The van der Waals surface area contributed by atoms with Gasteiger partial charge < -0.3 is 0 Å². The average Bonchev–Trinajstić information content (AvgIpc) is 1.22. The summed E-state index contributed by atoms with van der Waals surface area (Å²) in [4.78, 5) is 0. The number of hydrogen-bond donors (Lipinski definition) is 0. The first kappa shape index (κ1) is 73.4. The van der Waals surface area contributed by atoms with Crippen LogP contribution < -0.4 is 0 Å². The number of hydrogen-bond acceptors (Lipinski definition) is 0. The van der Waals surface area contributed by atoms with Crippen LogP contribution >= 0.6 is 0 Å². The third-order valence-electron chi connectivity index (χ3n) is 29.4. The van der Waals surface area contributed by atoms with Gasteiger partial charge >= 0.3 is 0 Å². The van der Waals surface area contributed by atoms with Gasteiger partial charge in [0.2, 0.25) is 0 Å². The fraction of sp³-hybridized carbons (Fsp3) is 1.00. The molecule has 0 heterocycles. The summed E-state index contributed by atoms with van der Waals surface area (Å²) >= 11 is 0. The van der Waals surface area contributed by atoms with E-state index < -0.39 is 0 Å². The Kier molecular flexibility index (Phi) is 27.3. The molecule has 0 radical (unpaired) electrons. The molecule has 0 heteroatoms. The molecule has 6 fully saturated rings. The van der Waals surface area contributed by atoms with E-state index in [2.05, 4.69) is 263 Å². The third-order valence-corrected chi connectivity index (χ3v) is 29.4. The highest BCUT2D eigenvalue weighted by atomic mass is 14.5. The molecule has 0 aliphatic heterocycles. The van der Waals surface area contributed by atoms with E-state index in [4.69, 9.17) is 8.22 Å². The van der Waals surface area contributed by atoms with Crippen molar-refractivity contribution in [2.75, 3.05) is 0 Å². The quantitative estimate of drug-likeness (QED) is 0.163. The van der Waals surface area contributed by atoms with E-state index in [9.17, 15) is 0 Å². The maximum absolute atomic E-state index is 9.01. The van der Waals surface area contributed by atoms with Crippen LogP contribution in [0.15, 0.2) is 0 Å². The van der Waals surface area contributed by atoms with Crippen LogP contribution in [-0.4, -0.2) is 0 Å². The minimum absolute atomic E-state index is 0.0339. The highest BCUT2D eigenvalue weighted by Crippen LogP contribution is 2.58. The van der Waals surface area contributed by atoms with Crippen molar-refractivity contribution < 1.29 is 8.22 Å². The maximum atomic E-state index is 9.01. The molecule has 8 atom stereocenters. The van der Waals surface area contributed by atoms with Crippen LogP contribution in [0.2, 0.25) is 0 Å². The Morgan fingerprint density at radius 1 is 0.267 bits per heavy atom. The summed E-state index contributed by atoms with van der Waals surface area (Å²) in [6, 6.07) is 0. The predicted octanol–water partition coefficient (Wildman–Crippen LogP) is 29.9. The highest BCUT2D eigenvalue weighted by molar-refractivity contribution is 4.98. The van der Waals surface area contributed by atoms with Crippen molar-refractivity contribution in [1.82, 2.24) is 0 Å². The molecule has 6 saturated carbocycles. The zero-order valence-electron chi connectivity index (χ0n) is 73.2. The number of rotatable bonds is 14. The molecule has 0 saturated heterocycles. The molecule has 0 spiro atoms. The van der Waals surface area contributed by atoms with E-state index in [0.29, 0.717) is 40.9 Å². The first-order valence-electron chi connectivity index (χ1n) is 40.5. The molecule has 6 rings (SSSR count). The lowest BCUT2D eigenvalue weighted by atomic mass is 9.56. The van der Waals surface area contributed by atoms with Crippen molar-refractivity contribution in [1.29, 1.82) is 0 Å². The van der Waals surface area contributed by atoms with Gasteiger partial charge in [0, 0.05) is 8.22 Å². The summed E-state index contributed by atoms with van der Waals surface area (Å²) in [5.41, 5.74) is 2.19. The van der Waals surface area contributed by atoms with Gasteiger partial charge in [0.05, 0.1) is 0 Å². The summed E-state index contributed by atoms with van der Waals surface area (Å²) in [5.74, 6) is 1.93. The van der Waals surface area contributed by atoms with Gasteiger partial charge in [-0.2, -0.15) is 0 Å². The SMILES string of the molecule is [2H]C(C)(C1CC1)C(C)(C)C(C)(C)C.[2H]C(C)(C1CC1)C(C)(CC)C(C)(C)C.[2H]C(C)(C1CCC(C)(C)CC1)C(C)(C)C(C)(C)C.[2H]C(C)(C1CCCC1)C(C)(C)C(C)(C)C.[2H]C(C)(C1CCCC1)C(C)(CC)C(C)(C)C.[2H]C(C)(C1CCCCC1)C(C)(C)C(C)(C)C. The zero-order valence-corrected chi connectivity index (χ0v) is 67.2. The van der Waals surface area contributed by atoms with Gasteiger partial charge in [-0.1, -0.05) is 347 Å². The van der Waals surface area contributed by atoms with E-state index in [1.165, 1.54) is 135 Å². The third kappa shape index (κ3) is 22.6. The first-order valence-corrected chi connectivity index (χ1v) is 37.5. The summed E-state index contributed by atoms with van der Waals surface area (Å²) in [6.07, 6.45) is 29.3. The van der Waals surface area contributed by atoms with Crippen LogP contribution in [-0.2, 0) is 0 Å². The van der Waals surface area contributed by atoms with Crippen molar-refractivity contribution in [2.24, 2.45) is 141 Å². The lowest BCUT2D eigenvalue weighted by Crippen LogP contribution is -2.40. The van der Waals surface area contributed by atoms with Crippen LogP contribution in [0.25, 0.3) is 0 Å². The van der Waals surface area contributed by atoms with Gasteiger partial charge in [-0.3, -0.25) is 0 Å². The summed E-state index contributed by atoms with van der Waals surface area (Å²) in [6.45, 7) is 86.1. The Morgan fingerprint density at radius 2 is 0.442 bits per heavy atom. The van der Waals surface area contributed by atoms with Crippen molar-refractivity contribution >= 4 is 0 Å². The monoisotopic (exact) mass is 1210 g/mol. The van der Waals surface area contributed by atoms with Crippen molar-refractivity contribution in [3.05, 3.63) is 0 Å². The van der Waals surface area contributed by atoms with E-state index in [1.807, 2.05) is 0 Å². The van der Waals surface area contributed by atoms with Gasteiger partial charge in [0.25, 0.3) is 0 Å². The molecule has 0 bridgehead atoms. The predicted molar refractivity (Wildman–Crippen MR) is 395 cm³/mol. The standard InChI is InChI=1S/C17H34.2C15H30.C14H28.C13H26.C12H24/c1-13(17(7,8)15(2,3)4)14-9-11-16(5,6)12-10-14;1-12(13-10-8-7-9-11-13)15(5,6)14(2,3)4;1-7-15(6,14(3,4)5)12(2)13-10-8-9-11-13;1-11(12-9-7-8-10-12)14(5,6)13(2,3)4;1-7-13(6,12(3,4)5)10(2)11-8-9-11;1-9(10-7-8-10)12(5,6)11(2,3)4/h13-14H,9-12H2,1-8H3;2*12-13H,7-11H2,1-6H3;11-12H,7-10H2,1-6H3;10-11H,7-9H2,1-6H3;9-10H,7-8H2,1-6H3/i13D;2*12D;11D;10D;9D. The van der Waals surface area contributed by atoms with Crippen molar-refractivity contribution in [3.8, 4) is 0 Å². The van der Waals surface area contributed by atoms with Crippen molar-refractivity contribution in [2.45, 2.75) is 411 Å². The normalized spacial score (nSPS) is 27.1. The minimum Gasteiger partial charge on any atom is -0.0648 e.